The van der Waals surface area contributed by atoms with Crippen molar-refractivity contribution in [3.63, 3.8) is 0 Å². The third kappa shape index (κ3) is 3.27. The maximum atomic E-state index is 13.3. The molecule has 1 aromatic heterocycles. The minimum Gasteiger partial charge on any atom is -0.439 e. The molecule has 0 saturated carbocycles. The van der Waals surface area contributed by atoms with Crippen LogP contribution >= 0.6 is 0 Å². The first kappa shape index (κ1) is 17.6. The second-order valence-corrected chi connectivity index (χ2v) is 6.10. The van der Waals surface area contributed by atoms with Gasteiger partial charge in [0, 0.05) is 5.56 Å². The molecule has 28 heavy (non-hydrogen) atoms. The number of rotatable bonds is 3. The molecule has 0 atom stereocenters. The van der Waals surface area contributed by atoms with Gasteiger partial charge in [0.1, 0.15) is 17.2 Å². The average Bonchev–Trinajstić information content (AvgIpc) is 2.70. The van der Waals surface area contributed by atoms with E-state index in [0.717, 1.165) is 12.1 Å². The highest BCUT2D eigenvalue weighted by Crippen LogP contribution is 2.29. The van der Waals surface area contributed by atoms with Crippen LogP contribution in [0, 0.1) is 11.6 Å². The molecule has 4 nitrogen and oxygen atoms in total. The first-order chi connectivity index (χ1) is 13.5. The number of halogens is 2. The number of carbonyl (C=O) groups is 1. The lowest BCUT2D eigenvalue weighted by Gasteiger charge is -2.11. The van der Waals surface area contributed by atoms with Crippen LogP contribution in [0.2, 0.25) is 0 Å². The van der Waals surface area contributed by atoms with Crippen LogP contribution < -0.4 is 10.7 Å². The summed E-state index contributed by atoms with van der Waals surface area (Å²) < 4.78 is 32.2. The molecule has 0 fully saturated rings. The van der Waals surface area contributed by atoms with Crippen molar-refractivity contribution < 1.29 is 18.0 Å². The van der Waals surface area contributed by atoms with Gasteiger partial charge in [-0.05, 0) is 54.1 Å². The predicted molar refractivity (Wildman–Crippen MR) is 102 cm³/mol. The fourth-order valence-electron chi connectivity index (χ4n) is 2.89. The van der Waals surface area contributed by atoms with Gasteiger partial charge in [0.25, 0.3) is 5.91 Å². The lowest BCUT2D eigenvalue weighted by Crippen LogP contribution is -2.16. The van der Waals surface area contributed by atoms with Gasteiger partial charge in [-0.15, -0.1) is 0 Å². The minimum absolute atomic E-state index is 0.0652. The van der Waals surface area contributed by atoms with Gasteiger partial charge >= 0.3 is 0 Å². The number of anilines is 1. The summed E-state index contributed by atoms with van der Waals surface area (Å²) in [6, 6.07) is 16.9. The summed E-state index contributed by atoms with van der Waals surface area (Å²) >= 11 is 0. The van der Waals surface area contributed by atoms with E-state index in [2.05, 4.69) is 5.32 Å². The normalized spacial score (nSPS) is 10.8. The van der Waals surface area contributed by atoms with Gasteiger partial charge in [0.05, 0.1) is 10.9 Å². The molecule has 0 aliphatic carbocycles. The summed E-state index contributed by atoms with van der Waals surface area (Å²) in [6.07, 6.45) is 0. The van der Waals surface area contributed by atoms with Crippen molar-refractivity contribution in [3.05, 3.63) is 100 Å². The topological polar surface area (TPSA) is 59.3 Å². The molecule has 1 heterocycles. The molecule has 3 aromatic carbocycles. The van der Waals surface area contributed by atoms with Crippen molar-refractivity contribution in [1.82, 2.24) is 0 Å². The summed E-state index contributed by atoms with van der Waals surface area (Å²) in [6.45, 7) is 0. The van der Waals surface area contributed by atoms with Gasteiger partial charge in [-0.2, -0.15) is 0 Å². The number of hydrogen-bond donors (Lipinski definition) is 1. The van der Waals surface area contributed by atoms with E-state index in [1.165, 1.54) is 36.4 Å². The third-order valence-corrected chi connectivity index (χ3v) is 4.26. The van der Waals surface area contributed by atoms with E-state index < -0.39 is 17.5 Å². The van der Waals surface area contributed by atoms with Crippen LogP contribution in [-0.2, 0) is 0 Å². The molecule has 0 radical (unpaired) electrons. The quantitative estimate of drug-likeness (QED) is 0.547. The number of para-hydroxylation sites is 1. The van der Waals surface area contributed by atoms with Crippen LogP contribution in [0.15, 0.2) is 82.0 Å². The van der Waals surface area contributed by atoms with Crippen molar-refractivity contribution in [1.29, 1.82) is 0 Å². The van der Waals surface area contributed by atoms with Crippen LogP contribution in [0.5, 0.6) is 0 Å². The van der Waals surface area contributed by atoms with Crippen molar-refractivity contribution >= 4 is 22.8 Å². The Balaban J connectivity index is 1.87. The van der Waals surface area contributed by atoms with Gasteiger partial charge < -0.3 is 4.42 Å². The van der Waals surface area contributed by atoms with Crippen LogP contribution in [-0.4, -0.2) is 5.91 Å². The lowest BCUT2D eigenvalue weighted by molar-refractivity contribution is 0.102. The Hall–Kier alpha value is -3.80. The van der Waals surface area contributed by atoms with Crippen LogP contribution in [0.1, 0.15) is 10.4 Å². The molecule has 0 saturated heterocycles. The molecule has 1 N–H and O–H groups in total. The predicted octanol–water partition coefficient (Wildman–Crippen LogP) is 4.99. The maximum absolute atomic E-state index is 13.3. The molecule has 0 aliphatic rings. The number of hydrogen-bond acceptors (Lipinski definition) is 3. The number of nitrogens with one attached hydrogen (secondary N) is 1. The highest BCUT2D eigenvalue weighted by Gasteiger charge is 2.19. The molecule has 4 rings (SSSR count). The smallest absolute Gasteiger partial charge is 0.257 e. The van der Waals surface area contributed by atoms with E-state index >= 15 is 0 Å². The first-order valence-corrected chi connectivity index (χ1v) is 8.41. The Morgan fingerprint density at radius 3 is 2.11 bits per heavy atom. The highest BCUT2D eigenvalue weighted by atomic mass is 19.1. The van der Waals surface area contributed by atoms with Crippen LogP contribution in [0.4, 0.5) is 14.7 Å². The zero-order valence-corrected chi connectivity index (χ0v) is 14.4. The van der Waals surface area contributed by atoms with Crippen LogP contribution in [0.25, 0.3) is 22.1 Å². The fourth-order valence-corrected chi connectivity index (χ4v) is 2.89. The summed E-state index contributed by atoms with van der Waals surface area (Å²) in [5, 5.41) is 2.91. The van der Waals surface area contributed by atoms with E-state index in [9.17, 15) is 18.4 Å². The molecule has 6 heteroatoms. The Kier molecular flexibility index (Phi) is 4.45. The summed E-state index contributed by atoms with van der Waals surface area (Å²) in [5.74, 6) is -1.56. The minimum atomic E-state index is -0.568. The molecule has 0 aliphatic heterocycles. The average molecular weight is 377 g/mol. The molecular weight excluding hydrogens is 364 g/mol. The van der Waals surface area contributed by atoms with E-state index in [1.807, 2.05) is 0 Å². The zero-order chi connectivity index (χ0) is 19.7. The standard InChI is InChI=1S/C22H13F2NO3/c23-15-9-5-13(6-10-15)19-20(26)17-3-1-2-4-18(17)28-22(19)25-21(27)14-7-11-16(24)12-8-14/h1-12H,(H,25,27). The van der Waals surface area contributed by atoms with Gasteiger partial charge in [0.2, 0.25) is 11.3 Å². The lowest BCUT2D eigenvalue weighted by atomic mass is 10.0. The van der Waals surface area contributed by atoms with Crippen molar-refractivity contribution in [2.45, 2.75) is 0 Å². The Morgan fingerprint density at radius 2 is 1.43 bits per heavy atom. The van der Waals surface area contributed by atoms with E-state index in [4.69, 9.17) is 4.42 Å². The molecule has 0 spiro atoms. The number of fused-ring (bicyclic) bond motifs is 1. The van der Waals surface area contributed by atoms with E-state index in [-0.39, 0.29) is 22.4 Å². The number of carbonyl (C=O) groups excluding carboxylic acids is 1. The molecule has 138 valence electrons. The molecule has 0 unspecified atom stereocenters. The molecular formula is C22H13F2NO3. The Bertz CT molecular complexity index is 1230. The van der Waals surface area contributed by atoms with Gasteiger partial charge in [-0.3, -0.25) is 14.9 Å². The second-order valence-electron chi connectivity index (χ2n) is 6.10. The highest BCUT2D eigenvalue weighted by molar-refractivity contribution is 6.05. The van der Waals surface area contributed by atoms with E-state index in [1.54, 1.807) is 24.3 Å². The number of amides is 1. The van der Waals surface area contributed by atoms with Gasteiger partial charge in [-0.1, -0.05) is 24.3 Å². The van der Waals surface area contributed by atoms with Crippen LogP contribution in [0.3, 0.4) is 0 Å². The fraction of sp³-hybridized carbons (Fsp3) is 0. The number of benzene rings is 3. The summed E-state index contributed by atoms with van der Waals surface area (Å²) in [5.41, 5.74) is 0.641. The monoisotopic (exact) mass is 377 g/mol. The first-order valence-electron chi connectivity index (χ1n) is 8.41. The Morgan fingerprint density at radius 1 is 0.821 bits per heavy atom. The van der Waals surface area contributed by atoms with Crippen molar-refractivity contribution in [2.75, 3.05) is 5.32 Å². The van der Waals surface area contributed by atoms with Crippen molar-refractivity contribution in [3.8, 4) is 11.1 Å². The summed E-state index contributed by atoms with van der Waals surface area (Å²) in [4.78, 5) is 25.6. The van der Waals surface area contributed by atoms with Gasteiger partial charge in [0.15, 0.2) is 0 Å². The second kappa shape index (κ2) is 7.08. The van der Waals surface area contributed by atoms with Gasteiger partial charge in [-0.25, -0.2) is 8.78 Å². The maximum Gasteiger partial charge on any atom is 0.257 e. The zero-order valence-electron chi connectivity index (χ0n) is 14.4. The third-order valence-electron chi connectivity index (χ3n) is 4.26. The SMILES string of the molecule is O=C(Nc1oc2ccccc2c(=O)c1-c1ccc(F)cc1)c1ccc(F)cc1. The molecule has 4 aromatic rings. The van der Waals surface area contributed by atoms with E-state index in [0.29, 0.717) is 16.5 Å². The largest absolute Gasteiger partial charge is 0.439 e. The van der Waals surface area contributed by atoms with Crippen molar-refractivity contribution in [2.24, 2.45) is 0 Å². The molecule has 1 amide bonds. The summed E-state index contributed by atoms with van der Waals surface area (Å²) in [7, 11) is 0. The Labute approximate surface area is 158 Å². The molecule has 0 bridgehead atoms.